The van der Waals surface area contributed by atoms with Crippen LogP contribution in [0.1, 0.15) is 17.3 Å². The van der Waals surface area contributed by atoms with Crippen molar-refractivity contribution in [1.29, 1.82) is 0 Å². The minimum atomic E-state index is -0.359. The second-order valence-corrected chi connectivity index (χ2v) is 3.56. The number of likely N-dealkylation sites (N-methyl/N-ethyl adjacent to an activating group) is 2. The molecule has 1 aromatic heterocycles. The van der Waals surface area contributed by atoms with Crippen LogP contribution in [-0.4, -0.2) is 41.8 Å². The Labute approximate surface area is 98.6 Å². The fraction of sp³-hybridized carbons (Fsp3) is 0.364. The first kappa shape index (κ1) is 13.0. The third kappa shape index (κ3) is 3.75. The molecule has 0 saturated heterocycles. The van der Waals surface area contributed by atoms with E-state index in [2.05, 4.69) is 10.3 Å². The Morgan fingerprint density at radius 3 is 2.76 bits per heavy atom. The average molecular weight is 237 g/mol. The van der Waals surface area contributed by atoms with E-state index in [-0.39, 0.29) is 29.5 Å². The van der Waals surface area contributed by atoms with Gasteiger partial charge < -0.3 is 15.2 Å². The summed E-state index contributed by atoms with van der Waals surface area (Å²) in [6.45, 7) is 2.29. The summed E-state index contributed by atoms with van der Waals surface area (Å²) in [5, 5.41) is 2.59. The highest BCUT2D eigenvalue weighted by Gasteiger charge is 2.14. The molecule has 0 unspecified atom stereocenters. The number of rotatable bonds is 4. The van der Waals surface area contributed by atoms with Gasteiger partial charge >= 0.3 is 0 Å². The van der Waals surface area contributed by atoms with Crippen molar-refractivity contribution < 1.29 is 9.59 Å². The van der Waals surface area contributed by atoms with E-state index in [1.165, 1.54) is 30.3 Å². The SMILES string of the molecule is CCNC(=O)CN(C)C(=O)c1cc[nH]c(=O)c1. The van der Waals surface area contributed by atoms with Crippen molar-refractivity contribution in [3.63, 3.8) is 0 Å². The zero-order chi connectivity index (χ0) is 12.8. The Hall–Kier alpha value is -2.11. The van der Waals surface area contributed by atoms with Crippen LogP contribution < -0.4 is 10.9 Å². The van der Waals surface area contributed by atoms with Crippen molar-refractivity contribution in [2.45, 2.75) is 6.92 Å². The van der Waals surface area contributed by atoms with Crippen molar-refractivity contribution in [3.8, 4) is 0 Å². The summed E-state index contributed by atoms with van der Waals surface area (Å²) in [4.78, 5) is 37.8. The second-order valence-electron chi connectivity index (χ2n) is 3.56. The Morgan fingerprint density at radius 1 is 1.47 bits per heavy atom. The number of aromatic nitrogens is 1. The Kier molecular flexibility index (Phi) is 4.45. The normalized spacial score (nSPS) is 9.76. The molecule has 2 amide bonds. The first-order chi connectivity index (χ1) is 8.04. The van der Waals surface area contributed by atoms with Gasteiger partial charge in [-0.25, -0.2) is 0 Å². The molecule has 1 rings (SSSR count). The van der Waals surface area contributed by atoms with Crippen molar-refractivity contribution in [1.82, 2.24) is 15.2 Å². The molecular weight excluding hydrogens is 222 g/mol. The highest BCUT2D eigenvalue weighted by Crippen LogP contribution is 1.99. The monoisotopic (exact) mass is 237 g/mol. The van der Waals surface area contributed by atoms with Gasteiger partial charge in [0.1, 0.15) is 0 Å². The molecule has 0 aliphatic carbocycles. The molecule has 0 bridgehead atoms. The molecule has 1 heterocycles. The van der Waals surface area contributed by atoms with Gasteiger partial charge in [0, 0.05) is 31.4 Å². The van der Waals surface area contributed by atoms with Crippen LogP contribution in [0.15, 0.2) is 23.1 Å². The summed E-state index contributed by atoms with van der Waals surface area (Å²) in [7, 11) is 1.51. The van der Waals surface area contributed by atoms with E-state index < -0.39 is 0 Å². The first-order valence-corrected chi connectivity index (χ1v) is 5.25. The standard InChI is InChI=1S/C11H15N3O3/c1-3-12-10(16)7-14(2)11(17)8-4-5-13-9(15)6-8/h4-6H,3,7H2,1-2H3,(H,12,16)(H,13,15). The summed E-state index contributed by atoms with van der Waals surface area (Å²) >= 11 is 0. The lowest BCUT2D eigenvalue weighted by molar-refractivity contribution is -0.121. The first-order valence-electron chi connectivity index (χ1n) is 5.25. The van der Waals surface area contributed by atoms with Crippen molar-refractivity contribution in [2.75, 3.05) is 20.1 Å². The number of carbonyl (C=O) groups excluding carboxylic acids is 2. The van der Waals surface area contributed by atoms with Crippen LogP contribution in [0.5, 0.6) is 0 Å². The Balaban J connectivity index is 2.70. The van der Waals surface area contributed by atoms with Crippen LogP contribution in [0, 0.1) is 0 Å². The molecule has 17 heavy (non-hydrogen) atoms. The predicted molar refractivity (Wildman–Crippen MR) is 62.7 cm³/mol. The molecule has 0 atom stereocenters. The van der Waals surface area contributed by atoms with Crippen LogP contribution in [0.3, 0.4) is 0 Å². The minimum absolute atomic E-state index is 0.0283. The zero-order valence-corrected chi connectivity index (χ0v) is 9.82. The van der Waals surface area contributed by atoms with Crippen molar-refractivity contribution in [2.24, 2.45) is 0 Å². The third-order valence-electron chi connectivity index (χ3n) is 2.12. The average Bonchev–Trinajstić information content (AvgIpc) is 2.28. The van der Waals surface area contributed by atoms with Gasteiger partial charge in [-0.1, -0.05) is 0 Å². The van der Waals surface area contributed by atoms with Crippen molar-refractivity contribution >= 4 is 11.8 Å². The molecule has 0 fully saturated rings. The summed E-state index contributed by atoms with van der Waals surface area (Å²) in [6.07, 6.45) is 1.40. The lowest BCUT2D eigenvalue weighted by Crippen LogP contribution is -2.38. The summed E-state index contributed by atoms with van der Waals surface area (Å²) < 4.78 is 0. The maximum absolute atomic E-state index is 11.8. The zero-order valence-electron chi connectivity index (χ0n) is 9.82. The fourth-order valence-electron chi connectivity index (χ4n) is 1.34. The smallest absolute Gasteiger partial charge is 0.254 e. The van der Waals surface area contributed by atoms with Crippen molar-refractivity contribution in [3.05, 3.63) is 34.2 Å². The van der Waals surface area contributed by atoms with E-state index in [4.69, 9.17) is 0 Å². The number of pyridine rings is 1. The number of carbonyl (C=O) groups is 2. The predicted octanol–water partition coefficient (Wildman–Crippen LogP) is -0.417. The number of nitrogens with one attached hydrogen (secondary N) is 2. The van der Waals surface area contributed by atoms with Crippen LogP contribution >= 0.6 is 0 Å². The molecule has 1 aromatic rings. The van der Waals surface area contributed by atoms with Crippen LogP contribution in [0.4, 0.5) is 0 Å². The third-order valence-corrected chi connectivity index (χ3v) is 2.12. The second kappa shape index (κ2) is 5.83. The Bertz CT molecular complexity index is 467. The number of amides is 2. The van der Waals surface area contributed by atoms with Crippen LogP contribution in [0.2, 0.25) is 0 Å². The quantitative estimate of drug-likeness (QED) is 0.746. The van der Waals surface area contributed by atoms with E-state index >= 15 is 0 Å². The molecule has 0 spiro atoms. The van der Waals surface area contributed by atoms with Gasteiger partial charge in [0.25, 0.3) is 5.91 Å². The molecule has 0 aliphatic heterocycles. The molecule has 2 N–H and O–H groups in total. The largest absolute Gasteiger partial charge is 0.355 e. The lowest BCUT2D eigenvalue weighted by Gasteiger charge is -2.16. The highest BCUT2D eigenvalue weighted by atomic mass is 16.2. The van der Waals surface area contributed by atoms with Gasteiger partial charge in [0.05, 0.1) is 6.54 Å². The molecular formula is C11H15N3O3. The van der Waals surface area contributed by atoms with Gasteiger partial charge in [-0.2, -0.15) is 0 Å². The number of H-pyrrole nitrogens is 1. The van der Waals surface area contributed by atoms with Crippen LogP contribution in [-0.2, 0) is 4.79 Å². The maximum Gasteiger partial charge on any atom is 0.254 e. The minimum Gasteiger partial charge on any atom is -0.355 e. The number of nitrogens with zero attached hydrogens (tertiary/aromatic N) is 1. The maximum atomic E-state index is 11.8. The highest BCUT2D eigenvalue weighted by molar-refractivity contribution is 5.96. The molecule has 0 saturated carbocycles. The van der Waals surface area contributed by atoms with Gasteiger partial charge in [-0.15, -0.1) is 0 Å². The lowest BCUT2D eigenvalue weighted by atomic mass is 10.2. The summed E-state index contributed by atoms with van der Waals surface area (Å²) in [6, 6.07) is 2.70. The van der Waals surface area contributed by atoms with Crippen LogP contribution in [0.25, 0.3) is 0 Å². The van der Waals surface area contributed by atoms with E-state index in [1.54, 1.807) is 6.92 Å². The van der Waals surface area contributed by atoms with Gasteiger partial charge in [-0.05, 0) is 13.0 Å². The fourth-order valence-corrected chi connectivity index (χ4v) is 1.34. The van der Waals surface area contributed by atoms with E-state index in [0.717, 1.165) is 0 Å². The van der Waals surface area contributed by atoms with Gasteiger partial charge in [0.15, 0.2) is 0 Å². The number of aromatic amines is 1. The molecule has 0 aliphatic rings. The summed E-state index contributed by atoms with van der Waals surface area (Å²) in [5.41, 5.74) is -0.0807. The molecule has 0 radical (unpaired) electrons. The molecule has 92 valence electrons. The Morgan fingerprint density at radius 2 is 2.18 bits per heavy atom. The molecule has 6 nitrogen and oxygen atoms in total. The van der Waals surface area contributed by atoms with E-state index in [9.17, 15) is 14.4 Å². The van der Waals surface area contributed by atoms with E-state index in [1.807, 2.05) is 0 Å². The summed E-state index contributed by atoms with van der Waals surface area (Å²) in [5.74, 6) is -0.587. The topological polar surface area (TPSA) is 82.3 Å². The number of hydrogen-bond donors (Lipinski definition) is 2. The van der Waals surface area contributed by atoms with Gasteiger partial charge in [-0.3, -0.25) is 14.4 Å². The van der Waals surface area contributed by atoms with E-state index in [0.29, 0.717) is 6.54 Å². The van der Waals surface area contributed by atoms with Gasteiger partial charge in [0.2, 0.25) is 11.5 Å². The number of hydrogen-bond acceptors (Lipinski definition) is 3. The molecule has 0 aromatic carbocycles. The molecule has 6 heteroatoms.